The number of amides is 2. The van der Waals surface area contributed by atoms with E-state index in [2.05, 4.69) is 27.3 Å². The molecule has 1 aliphatic rings. The van der Waals surface area contributed by atoms with Crippen LogP contribution in [0.3, 0.4) is 0 Å². The first-order valence-electron chi connectivity index (χ1n) is 12.4. The van der Waals surface area contributed by atoms with E-state index in [0.717, 1.165) is 37.8 Å². The SMILES string of the molecule is CCCCNC(=O)N1CCCN(c2nc(CCC)nc3onc(-c4cccc(C(F)(F)F)c4)c23)CC1. The van der Waals surface area contributed by atoms with E-state index in [1.165, 1.54) is 6.07 Å². The van der Waals surface area contributed by atoms with Crippen molar-refractivity contribution >= 4 is 22.9 Å². The number of aromatic nitrogens is 3. The summed E-state index contributed by atoms with van der Waals surface area (Å²) in [6.45, 7) is 6.98. The van der Waals surface area contributed by atoms with Crippen molar-refractivity contribution in [3.63, 3.8) is 0 Å². The molecule has 11 heteroatoms. The average molecular weight is 505 g/mol. The number of aryl methyl sites for hydroxylation is 1. The molecule has 0 spiro atoms. The maximum atomic E-state index is 13.4. The van der Waals surface area contributed by atoms with Crippen molar-refractivity contribution in [2.45, 2.75) is 52.1 Å². The number of anilines is 1. The lowest BCUT2D eigenvalue weighted by atomic mass is 10.1. The Hall–Kier alpha value is -3.37. The predicted molar refractivity (Wildman–Crippen MR) is 131 cm³/mol. The quantitative estimate of drug-likeness (QED) is 0.441. The number of carbonyl (C=O) groups is 1. The number of halogens is 3. The standard InChI is InChI=1S/C25H31F3N6O2/c1-3-5-11-29-24(35)34-13-7-12-33(14-15-34)22-20-21(17-9-6-10-18(16-17)25(26,27)28)32-36-23(20)31-19(30-22)8-4-2/h6,9-10,16H,3-5,7-8,11-15H2,1-2H3,(H,29,35). The lowest BCUT2D eigenvalue weighted by molar-refractivity contribution is -0.137. The third kappa shape index (κ3) is 5.71. The maximum Gasteiger partial charge on any atom is 0.416 e. The van der Waals surface area contributed by atoms with Crippen LogP contribution in [0.15, 0.2) is 28.8 Å². The van der Waals surface area contributed by atoms with Crippen LogP contribution in [0.5, 0.6) is 0 Å². The number of carbonyl (C=O) groups excluding carboxylic acids is 1. The number of urea groups is 1. The van der Waals surface area contributed by atoms with Gasteiger partial charge in [0, 0.05) is 44.7 Å². The Morgan fingerprint density at radius 1 is 1.11 bits per heavy atom. The van der Waals surface area contributed by atoms with Gasteiger partial charge in [-0.1, -0.05) is 37.6 Å². The van der Waals surface area contributed by atoms with E-state index < -0.39 is 11.7 Å². The van der Waals surface area contributed by atoms with Crippen LogP contribution >= 0.6 is 0 Å². The van der Waals surface area contributed by atoms with Crippen molar-refractivity contribution in [3.8, 4) is 11.3 Å². The van der Waals surface area contributed by atoms with Gasteiger partial charge in [-0.3, -0.25) is 0 Å². The summed E-state index contributed by atoms with van der Waals surface area (Å²) in [5.41, 5.74) is 0.0333. The highest BCUT2D eigenvalue weighted by atomic mass is 19.4. The smallest absolute Gasteiger partial charge is 0.354 e. The largest absolute Gasteiger partial charge is 0.416 e. The molecule has 194 valence electrons. The summed E-state index contributed by atoms with van der Waals surface area (Å²) >= 11 is 0. The zero-order valence-corrected chi connectivity index (χ0v) is 20.6. The molecule has 36 heavy (non-hydrogen) atoms. The maximum absolute atomic E-state index is 13.4. The highest BCUT2D eigenvalue weighted by Crippen LogP contribution is 2.37. The van der Waals surface area contributed by atoms with Crippen LogP contribution in [-0.2, 0) is 12.6 Å². The molecule has 1 saturated heterocycles. The van der Waals surface area contributed by atoms with Crippen LogP contribution in [0.1, 0.15) is 50.9 Å². The number of alkyl halides is 3. The zero-order chi connectivity index (χ0) is 25.7. The Morgan fingerprint density at radius 2 is 1.94 bits per heavy atom. The molecule has 0 unspecified atom stereocenters. The molecule has 1 aliphatic heterocycles. The highest BCUT2D eigenvalue weighted by molar-refractivity contribution is 5.98. The zero-order valence-electron chi connectivity index (χ0n) is 20.6. The lowest BCUT2D eigenvalue weighted by Gasteiger charge is -2.24. The van der Waals surface area contributed by atoms with Crippen molar-refractivity contribution in [2.24, 2.45) is 0 Å². The molecule has 1 aromatic carbocycles. The van der Waals surface area contributed by atoms with Gasteiger partial charge in [-0.15, -0.1) is 0 Å². The van der Waals surface area contributed by atoms with E-state index in [4.69, 9.17) is 9.51 Å². The minimum Gasteiger partial charge on any atom is -0.354 e. The Morgan fingerprint density at radius 3 is 2.69 bits per heavy atom. The number of unbranched alkanes of at least 4 members (excludes halogenated alkanes) is 1. The van der Waals surface area contributed by atoms with Gasteiger partial charge in [0.25, 0.3) is 5.71 Å². The third-order valence-corrected chi connectivity index (χ3v) is 6.19. The Labute approximate surface area is 207 Å². The van der Waals surface area contributed by atoms with Crippen molar-refractivity contribution in [1.82, 2.24) is 25.3 Å². The molecule has 1 fully saturated rings. The molecule has 2 amide bonds. The number of rotatable bonds is 7. The van der Waals surface area contributed by atoms with Crippen molar-refractivity contribution in [3.05, 3.63) is 35.7 Å². The van der Waals surface area contributed by atoms with Crippen molar-refractivity contribution < 1.29 is 22.5 Å². The van der Waals surface area contributed by atoms with Gasteiger partial charge in [-0.25, -0.2) is 9.78 Å². The average Bonchev–Trinajstić information content (AvgIpc) is 3.12. The first-order chi connectivity index (χ1) is 17.3. The third-order valence-electron chi connectivity index (χ3n) is 6.19. The molecule has 0 bridgehead atoms. The summed E-state index contributed by atoms with van der Waals surface area (Å²) in [7, 11) is 0. The monoisotopic (exact) mass is 504 g/mol. The number of fused-ring (bicyclic) bond motifs is 1. The topological polar surface area (TPSA) is 87.4 Å². The highest BCUT2D eigenvalue weighted by Gasteiger charge is 2.31. The first-order valence-corrected chi connectivity index (χ1v) is 12.4. The molecule has 3 aromatic rings. The fourth-order valence-corrected chi connectivity index (χ4v) is 4.30. The van der Waals surface area contributed by atoms with Gasteiger partial charge in [0.2, 0.25) is 0 Å². The summed E-state index contributed by atoms with van der Waals surface area (Å²) in [5.74, 6) is 1.16. The number of nitrogens with zero attached hydrogens (tertiary/aromatic N) is 5. The minimum absolute atomic E-state index is 0.0839. The number of benzene rings is 1. The van der Waals surface area contributed by atoms with E-state index in [0.29, 0.717) is 56.2 Å². The lowest BCUT2D eigenvalue weighted by Crippen LogP contribution is -2.42. The molecule has 4 rings (SSSR count). The van der Waals surface area contributed by atoms with Gasteiger partial charge in [0.05, 0.1) is 5.56 Å². The van der Waals surface area contributed by atoms with Crippen LogP contribution in [0, 0.1) is 0 Å². The molecule has 0 aliphatic carbocycles. The molecule has 3 heterocycles. The van der Waals surface area contributed by atoms with Gasteiger partial charge >= 0.3 is 12.2 Å². The van der Waals surface area contributed by atoms with Crippen LogP contribution in [0.25, 0.3) is 22.4 Å². The van der Waals surface area contributed by atoms with Crippen LogP contribution in [0.4, 0.5) is 23.8 Å². The van der Waals surface area contributed by atoms with Gasteiger partial charge in [-0.2, -0.15) is 18.2 Å². The number of nitrogens with one attached hydrogen (secondary N) is 1. The van der Waals surface area contributed by atoms with Gasteiger partial charge in [0.1, 0.15) is 22.7 Å². The van der Waals surface area contributed by atoms with Crippen LogP contribution in [0.2, 0.25) is 0 Å². The summed E-state index contributed by atoms with van der Waals surface area (Å²) in [6, 6.07) is 4.93. The van der Waals surface area contributed by atoms with E-state index in [1.807, 2.05) is 6.92 Å². The van der Waals surface area contributed by atoms with Gasteiger partial charge in [-0.05, 0) is 31.4 Å². The Bertz CT molecular complexity index is 1200. The molecule has 0 atom stereocenters. The molecule has 2 aromatic heterocycles. The minimum atomic E-state index is -4.48. The second-order valence-electron chi connectivity index (χ2n) is 8.92. The molecule has 8 nitrogen and oxygen atoms in total. The molecular weight excluding hydrogens is 473 g/mol. The van der Waals surface area contributed by atoms with Crippen LogP contribution < -0.4 is 10.2 Å². The molecule has 1 N–H and O–H groups in total. The molecule has 0 saturated carbocycles. The molecular formula is C25H31F3N6O2. The predicted octanol–water partition coefficient (Wildman–Crippen LogP) is 5.28. The summed E-state index contributed by atoms with van der Waals surface area (Å²) in [6.07, 6.45) is -0.371. The second kappa shape index (κ2) is 11.1. The van der Waals surface area contributed by atoms with E-state index in [9.17, 15) is 18.0 Å². The first kappa shape index (κ1) is 25.7. The number of hydrogen-bond donors (Lipinski definition) is 1. The normalized spacial score (nSPS) is 14.8. The van der Waals surface area contributed by atoms with Gasteiger partial charge < -0.3 is 19.6 Å². The Kier molecular flexibility index (Phi) is 7.95. The fourth-order valence-electron chi connectivity index (χ4n) is 4.30. The van der Waals surface area contributed by atoms with E-state index in [-0.39, 0.29) is 23.0 Å². The summed E-state index contributed by atoms with van der Waals surface area (Å²) < 4.78 is 45.6. The summed E-state index contributed by atoms with van der Waals surface area (Å²) in [5, 5.41) is 7.55. The van der Waals surface area contributed by atoms with Crippen LogP contribution in [-0.4, -0.2) is 58.8 Å². The van der Waals surface area contributed by atoms with E-state index in [1.54, 1.807) is 11.0 Å². The fraction of sp³-hybridized carbons (Fsp3) is 0.520. The molecule has 0 radical (unpaired) electrons. The Balaban J connectivity index is 1.69. The number of hydrogen-bond acceptors (Lipinski definition) is 6. The summed E-state index contributed by atoms with van der Waals surface area (Å²) in [4.78, 5) is 25.7. The second-order valence-corrected chi connectivity index (χ2v) is 8.92. The van der Waals surface area contributed by atoms with E-state index >= 15 is 0 Å². The van der Waals surface area contributed by atoms with Crippen molar-refractivity contribution in [2.75, 3.05) is 37.6 Å². The van der Waals surface area contributed by atoms with Crippen molar-refractivity contribution in [1.29, 1.82) is 0 Å². The van der Waals surface area contributed by atoms with Gasteiger partial charge in [0.15, 0.2) is 0 Å².